The lowest BCUT2D eigenvalue weighted by Gasteiger charge is -2.26. The lowest BCUT2D eigenvalue weighted by molar-refractivity contribution is -0.118. The summed E-state index contributed by atoms with van der Waals surface area (Å²) in [6, 6.07) is 0. The maximum Gasteiger partial charge on any atom is 0.168 e. The monoisotopic (exact) mass is 266 g/mol. The maximum atomic E-state index is 12.0. The fourth-order valence-electron chi connectivity index (χ4n) is 1.88. The first-order valence-electron chi connectivity index (χ1n) is 5.82. The predicted molar refractivity (Wildman–Crippen MR) is 72.0 cm³/mol. The highest BCUT2D eigenvalue weighted by molar-refractivity contribution is 7.99. The van der Waals surface area contributed by atoms with Gasteiger partial charge in [-0.2, -0.15) is 0 Å². The molecule has 0 spiro atoms. The second kappa shape index (κ2) is 5.48. The van der Waals surface area contributed by atoms with E-state index in [0.717, 1.165) is 5.16 Å². The molecule has 1 aromatic heterocycles. The molecule has 6 heteroatoms. The minimum atomic E-state index is 0.152. The fourth-order valence-corrected chi connectivity index (χ4v) is 2.69. The summed E-state index contributed by atoms with van der Waals surface area (Å²) in [6.07, 6.45) is 8.30. The van der Waals surface area contributed by atoms with Gasteiger partial charge in [-0.15, -0.1) is 0 Å². The van der Waals surface area contributed by atoms with Gasteiger partial charge in [0.05, 0.1) is 5.75 Å². The lowest BCUT2D eigenvalue weighted by atomic mass is 10.2. The minimum Gasteiger partial charge on any atom is -0.359 e. The van der Waals surface area contributed by atoms with Gasteiger partial charge in [-0.1, -0.05) is 11.8 Å². The quantitative estimate of drug-likeness (QED) is 0.748. The molecule has 0 radical (unpaired) electrons. The van der Waals surface area contributed by atoms with Crippen LogP contribution in [0.1, 0.15) is 6.42 Å². The first-order chi connectivity index (χ1) is 8.58. The van der Waals surface area contributed by atoms with E-state index < -0.39 is 0 Å². The molecule has 2 heterocycles. The Morgan fingerprint density at radius 2 is 2.00 bits per heavy atom. The lowest BCUT2D eigenvalue weighted by Crippen LogP contribution is -2.36. The molecule has 0 N–H and O–H groups in total. The van der Waals surface area contributed by atoms with Gasteiger partial charge in [0.2, 0.25) is 0 Å². The molecule has 1 aliphatic rings. The topological polar surface area (TPSA) is 41.4 Å². The molecule has 0 bridgehead atoms. The van der Waals surface area contributed by atoms with Crippen molar-refractivity contribution in [2.75, 3.05) is 19.8 Å². The second-order valence-electron chi connectivity index (χ2n) is 4.46. The van der Waals surface area contributed by atoms with Crippen LogP contribution in [0.3, 0.4) is 0 Å². The summed E-state index contributed by atoms with van der Waals surface area (Å²) in [4.78, 5) is 20.3. The molecule has 0 amide bonds. The molecule has 2 rings (SSSR count). The van der Waals surface area contributed by atoms with Crippen molar-refractivity contribution in [2.24, 2.45) is 7.05 Å². The molecule has 0 aliphatic carbocycles. The third-order valence-corrected chi connectivity index (χ3v) is 4.14. The number of aromatic nitrogens is 2. The summed E-state index contributed by atoms with van der Waals surface area (Å²) in [5, 5.41) is 0.884. The summed E-state index contributed by atoms with van der Waals surface area (Å²) < 4.78 is 1.92. The molecular formula is C12H18N4OS. The Kier molecular flexibility index (Phi) is 3.96. The van der Waals surface area contributed by atoms with Gasteiger partial charge in [-0.3, -0.25) is 4.79 Å². The van der Waals surface area contributed by atoms with Crippen molar-refractivity contribution in [3.05, 3.63) is 24.8 Å². The van der Waals surface area contributed by atoms with Crippen LogP contribution in [0.25, 0.3) is 0 Å². The van der Waals surface area contributed by atoms with Gasteiger partial charge in [0, 0.05) is 52.4 Å². The molecule has 0 unspecified atom stereocenters. The zero-order valence-electron chi connectivity index (χ0n) is 10.9. The van der Waals surface area contributed by atoms with Crippen LogP contribution < -0.4 is 0 Å². The van der Waals surface area contributed by atoms with E-state index in [1.807, 2.05) is 44.3 Å². The summed E-state index contributed by atoms with van der Waals surface area (Å²) in [6.45, 7) is 0. The second-order valence-corrected chi connectivity index (χ2v) is 5.40. The van der Waals surface area contributed by atoms with E-state index in [1.54, 1.807) is 6.20 Å². The molecule has 5 nitrogen and oxygen atoms in total. The summed E-state index contributed by atoms with van der Waals surface area (Å²) in [5.74, 6) is 0.721. The molecular weight excluding hydrogens is 248 g/mol. The van der Waals surface area contributed by atoms with Crippen LogP contribution in [0, 0.1) is 0 Å². The number of carbonyl (C=O) groups is 1. The van der Waals surface area contributed by atoms with E-state index in [-0.39, 0.29) is 11.9 Å². The van der Waals surface area contributed by atoms with Crippen molar-refractivity contribution < 1.29 is 4.79 Å². The van der Waals surface area contributed by atoms with Gasteiger partial charge in [-0.25, -0.2) is 4.98 Å². The van der Waals surface area contributed by atoms with Crippen LogP contribution in [0.2, 0.25) is 0 Å². The SMILES string of the molecule is CN1C=CN(C)C1CC(=O)CSc1nccn1C. The molecule has 0 atom stereocenters. The highest BCUT2D eigenvalue weighted by Gasteiger charge is 2.23. The van der Waals surface area contributed by atoms with Crippen molar-refractivity contribution in [1.29, 1.82) is 0 Å². The van der Waals surface area contributed by atoms with Crippen molar-refractivity contribution in [3.63, 3.8) is 0 Å². The molecule has 0 fully saturated rings. The number of carbonyl (C=O) groups excluding carboxylic acids is 1. The Labute approximate surface area is 111 Å². The van der Waals surface area contributed by atoms with Crippen LogP contribution in [0.15, 0.2) is 30.0 Å². The largest absolute Gasteiger partial charge is 0.359 e. The van der Waals surface area contributed by atoms with Crippen molar-refractivity contribution in [2.45, 2.75) is 17.7 Å². The highest BCUT2D eigenvalue weighted by atomic mass is 32.2. The van der Waals surface area contributed by atoms with Crippen LogP contribution in [-0.2, 0) is 11.8 Å². The summed E-state index contributed by atoms with van der Waals surface area (Å²) in [5.41, 5.74) is 0. The number of aryl methyl sites for hydroxylation is 1. The molecule has 0 aromatic carbocycles. The van der Waals surface area contributed by atoms with E-state index in [2.05, 4.69) is 14.8 Å². The van der Waals surface area contributed by atoms with Crippen molar-refractivity contribution >= 4 is 17.5 Å². The van der Waals surface area contributed by atoms with E-state index in [4.69, 9.17) is 0 Å². The van der Waals surface area contributed by atoms with Crippen LogP contribution in [0.5, 0.6) is 0 Å². The number of ketones is 1. The van der Waals surface area contributed by atoms with Crippen LogP contribution in [0.4, 0.5) is 0 Å². The zero-order valence-corrected chi connectivity index (χ0v) is 11.7. The standard InChI is InChI=1S/C12H18N4OS/c1-14-6-7-15(2)11(14)8-10(17)9-18-12-13-4-5-16(12)3/h4-7,11H,8-9H2,1-3H3. The summed E-state index contributed by atoms with van der Waals surface area (Å²) in [7, 11) is 5.91. The number of hydrogen-bond acceptors (Lipinski definition) is 5. The highest BCUT2D eigenvalue weighted by Crippen LogP contribution is 2.19. The fraction of sp³-hybridized carbons (Fsp3) is 0.500. The van der Waals surface area contributed by atoms with Gasteiger partial charge >= 0.3 is 0 Å². The molecule has 0 saturated carbocycles. The normalized spacial score (nSPS) is 15.7. The van der Waals surface area contributed by atoms with Crippen molar-refractivity contribution in [1.82, 2.24) is 19.4 Å². The molecule has 98 valence electrons. The molecule has 1 aliphatic heterocycles. The maximum absolute atomic E-state index is 12.0. The number of hydrogen-bond donors (Lipinski definition) is 0. The van der Waals surface area contributed by atoms with Crippen LogP contribution >= 0.6 is 11.8 Å². The Morgan fingerprint density at radius 1 is 1.33 bits per heavy atom. The molecule has 0 saturated heterocycles. The molecule has 18 heavy (non-hydrogen) atoms. The number of rotatable bonds is 5. The van der Waals surface area contributed by atoms with Gasteiger partial charge in [0.1, 0.15) is 11.9 Å². The Bertz CT molecular complexity index is 445. The zero-order chi connectivity index (χ0) is 13.1. The molecule has 1 aromatic rings. The Balaban J connectivity index is 1.81. The average molecular weight is 266 g/mol. The van der Waals surface area contributed by atoms with E-state index >= 15 is 0 Å². The van der Waals surface area contributed by atoms with E-state index in [0.29, 0.717) is 12.2 Å². The smallest absolute Gasteiger partial charge is 0.168 e. The summed E-state index contributed by atoms with van der Waals surface area (Å²) >= 11 is 1.49. The van der Waals surface area contributed by atoms with Gasteiger partial charge in [0.25, 0.3) is 0 Å². The van der Waals surface area contributed by atoms with Gasteiger partial charge < -0.3 is 14.4 Å². The number of nitrogens with zero attached hydrogens (tertiary/aromatic N) is 4. The first kappa shape index (κ1) is 13.0. The van der Waals surface area contributed by atoms with Gasteiger partial charge in [0.15, 0.2) is 5.16 Å². The van der Waals surface area contributed by atoms with E-state index in [9.17, 15) is 4.79 Å². The first-order valence-corrected chi connectivity index (χ1v) is 6.80. The third kappa shape index (κ3) is 2.87. The number of thioether (sulfide) groups is 1. The Hall–Kier alpha value is -1.43. The average Bonchev–Trinajstić information content (AvgIpc) is 2.87. The van der Waals surface area contributed by atoms with Crippen molar-refractivity contribution in [3.8, 4) is 0 Å². The number of imidazole rings is 1. The van der Waals surface area contributed by atoms with E-state index in [1.165, 1.54) is 11.8 Å². The van der Waals surface area contributed by atoms with Gasteiger partial charge in [-0.05, 0) is 0 Å². The minimum absolute atomic E-state index is 0.152. The Morgan fingerprint density at radius 3 is 2.56 bits per heavy atom. The third-order valence-electron chi connectivity index (χ3n) is 3.03. The number of Topliss-reactive ketones (excluding diaryl/α,β-unsaturated/α-hetero) is 1. The van der Waals surface area contributed by atoms with Crippen LogP contribution in [-0.4, -0.2) is 51.1 Å². The predicted octanol–water partition coefficient (Wildman–Crippen LogP) is 1.15.